The second-order valence-electron chi connectivity index (χ2n) is 4.39. The molecule has 4 heteroatoms. The normalized spacial score (nSPS) is 17.6. The zero-order valence-electron chi connectivity index (χ0n) is 9.12. The fourth-order valence-corrected chi connectivity index (χ4v) is 2.60. The van der Waals surface area contributed by atoms with Crippen LogP contribution in [0, 0.1) is 0 Å². The lowest BCUT2D eigenvalue weighted by atomic mass is 9.64. The Morgan fingerprint density at radius 1 is 1.38 bits per heavy atom. The van der Waals surface area contributed by atoms with E-state index in [0.717, 1.165) is 4.47 Å². The molecule has 1 fully saturated rings. The number of hydrogen-bond donors (Lipinski definition) is 2. The Labute approximate surface area is 104 Å². The summed E-state index contributed by atoms with van der Waals surface area (Å²) in [4.78, 5) is 4.18. The third kappa shape index (κ3) is 2.21. The van der Waals surface area contributed by atoms with E-state index in [1.807, 2.05) is 6.07 Å². The van der Waals surface area contributed by atoms with Crippen molar-refractivity contribution in [3.63, 3.8) is 0 Å². The van der Waals surface area contributed by atoms with Gasteiger partial charge in [0.1, 0.15) is 0 Å². The van der Waals surface area contributed by atoms with Crippen LogP contribution in [0.15, 0.2) is 33.7 Å². The van der Waals surface area contributed by atoms with Gasteiger partial charge >= 0.3 is 0 Å². The highest BCUT2D eigenvalue weighted by Gasteiger charge is 2.38. The molecule has 1 aliphatic carbocycles. The van der Waals surface area contributed by atoms with Crippen LogP contribution in [0.4, 0.5) is 0 Å². The summed E-state index contributed by atoms with van der Waals surface area (Å²) in [5, 5.41) is 0. The first-order chi connectivity index (χ1) is 7.62. The third-order valence-electron chi connectivity index (χ3n) is 3.31. The standard InChI is InChI=1S/C12H16BrN3/c13-10-4-1-3-9(7-10)12(5-2-6-12)8-16-11(14)15/h1,3-4,7H,2,5-6,8H2,(H4,14,15,16). The van der Waals surface area contributed by atoms with E-state index in [1.54, 1.807) is 0 Å². The van der Waals surface area contributed by atoms with Crippen molar-refractivity contribution in [2.45, 2.75) is 24.7 Å². The van der Waals surface area contributed by atoms with Crippen LogP contribution in [-0.4, -0.2) is 12.5 Å². The maximum absolute atomic E-state index is 5.40. The molecular weight excluding hydrogens is 266 g/mol. The van der Waals surface area contributed by atoms with Crippen molar-refractivity contribution in [3.05, 3.63) is 34.3 Å². The number of nitrogens with two attached hydrogens (primary N) is 2. The quantitative estimate of drug-likeness (QED) is 0.659. The minimum atomic E-state index is 0.160. The summed E-state index contributed by atoms with van der Waals surface area (Å²) in [7, 11) is 0. The number of hydrogen-bond acceptors (Lipinski definition) is 1. The van der Waals surface area contributed by atoms with E-state index in [1.165, 1.54) is 24.8 Å². The van der Waals surface area contributed by atoms with Gasteiger partial charge in [0.05, 0.1) is 6.54 Å². The van der Waals surface area contributed by atoms with Crippen molar-refractivity contribution in [2.24, 2.45) is 16.5 Å². The average Bonchev–Trinajstić information content (AvgIpc) is 2.15. The molecule has 0 radical (unpaired) electrons. The largest absolute Gasteiger partial charge is 0.370 e. The van der Waals surface area contributed by atoms with Gasteiger partial charge in [0.25, 0.3) is 0 Å². The fourth-order valence-electron chi connectivity index (χ4n) is 2.20. The molecule has 0 aliphatic heterocycles. The van der Waals surface area contributed by atoms with Crippen molar-refractivity contribution in [1.82, 2.24) is 0 Å². The van der Waals surface area contributed by atoms with Crippen LogP contribution in [0.5, 0.6) is 0 Å². The Morgan fingerprint density at radius 2 is 2.12 bits per heavy atom. The van der Waals surface area contributed by atoms with Crippen molar-refractivity contribution in [3.8, 4) is 0 Å². The molecule has 0 aromatic heterocycles. The summed E-state index contributed by atoms with van der Waals surface area (Å²) in [6.45, 7) is 0.700. The first kappa shape index (κ1) is 11.5. The Hall–Kier alpha value is -1.03. The first-order valence-electron chi connectivity index (χ1n) is 5.44. The molecule has 1 saturated carbocycles. The van der Waals surface area contributed by atoms with E-state index in [2.05, 4.69) is 39.1 Å². The molecule has 3 nitrogen and oxygen atoms in total. The van der Waals surface area contributed by atoms with Crippen molar-refractivity contribution in [2.75, 3.05) is 6.54 Å². The summed E-state index contributed by atoms with van der Waals surface area (Å²) in [5.74, 6) is 0.182. The predicted molar refractivity (Wildman–Crippen MR) is 70.3 cm³/mol. The highest BCUT2D eigenvalue weighted by atomic mass is 79.9. The molecule has 16 heavy (non-hydrogen) atoms. The van der Waals surface area contributed by atoms with E-state index in [0.29, 0.717) is 6.54 Å². The van der Waals surface area contributed by atoms with Crippen LogP contribution in [0.25, 0.3) is 0 Å². The van der Waals surface area contributed by atoms with Crippen LogP contribution < -0.4 is 11.5 Å². The number of benzene rings is 1. The molecule has 86 valence electrons. The molecule has 0 amide bonds. The van der Waals surface area contributed by atoms with Crippen LogP contribution in [0.1, 0.15) is 24.8 Å². The Bertz CT molecular complexity index is 406. The molecular formula is C12H16BrN3. The van der Waals surface area contributed by atoms with Crippen LogP contribution in [0.2, 0.25) is 0 Å². The molecule has 0 saturated heterocycles. The Balaban J connectivity index is 2.24. The van der Waals surface area contributed by atoms with Crippen LogP contribution >= 0.6 is 15.9 Å². The van der Waals surface area contributed by atoms with Gasteiger partial charge in [-0.2, -0.15) is 0 Å². The average molecular weight is 282 g/mol. The lowest BCUT2D eigenvalue weighted by Gasteiger charge is -2.41. The smallest absolute Gasteiger partial charge is 0.185 e. The van der Waals surface area contributed by atoms with Gasteiger partial charge in [0, 0.05) is 9.89 Å². The maximum Gasteiger partial charge on any atom is 0.185 e. The molecule has 0 heterocycles. The SMILES string of the molecule is NC(N)=NCC1(c2cccc(Br)c2)CCC1. The summed E-state index contributed by atoms with van der Waals surface area (Å²) in [6.07, 6.45) is 3.59. The van der Waals surface area contributed by atoms with Gasteiger partial charge < -0.3 is 11.5 Å². The van der Waals surface area contributed by atoms with Gasteiger partial charge in [0.2, 0.25) is 0 Å². The molecule has 1 aliphatic rings. The zero-order chi connectivity index (χ0) is 11.6. The molecule has 1 aromatic carbocycles. The highest BCUT2D eigenvalue weighted by molar-refractivity contribution is 9.10. The summed E-state index contributed by atoms with van der Waals surface area (Å²) in [5.41, 5.74) is 12.3. The van der Waals surface area contributed by atoms with E-state index in [4.69, 9.17) is 11.5 Å². The maximum atomic E-state index is 5.40. The molecule has 0 unspecified atom stereocenters. The van der Waals surface area contributed by atoms with Gasteiger partial charge in [-0.25, -0.2) is 0 Å². The minimum Gasteiger partial charge on any atom is -0.370 e. The second kappa shape index (κ2) is 4.45. The molecule has 1 aromatic rings. The lowest BCUT2D eigenvalue weighted by molar-refractivity contribution is 0.253. The van der Waals surface area contributed by atoms with E-state index >= 15 is 0 Å². The molecule has 4 N–H and O–H groups in total. The van der Waals surface area contributed by atoms with Gasteiger partial charge in [0.15, 0.2) is 5.96 Å². The van der Waals surface area contributed by atoms with Crippen LogP contribution in [0.3, 0.4) is 0 Å². The van der Waals surface area contributed by atoms with Crippen molar-refractivity contribution < 1.29 is 0 Å². The molecule has 0 spiro atoms. The second-order valence-corrected chi connectivity index (χ2v) is 5.30. The lowest BCUT2D eigenvalue weighted by Crippen LogP contribution is -2.38. The number of aliphatic imine (C=N–C) groups is 1. The Morgan fingerprint density at radius 3 is 2.62 bits per heavy atom. The predicted octanol–water partition coefficient (Wildman–Crippen LogP) is 2.14. The molecule has 0 bridgehead atoms. The van der Waals surface area contributed by atoms with E-state index in [-0.39, 0.29) is 11.4 Å². The van der Waals surface area contributed by atoms with Gasteiger partial charge in [-0.15, -0.1) is 0 Å². The first-order valence-corrected chi connectivity index (χ1v) is 6.23. The summed E-state index contributed by atoms with van der Waals surface area (Å²) < 4.78 is 1.11. The number of rotatable bonds is 3. The van der Waals surface area contributed by atoms with Gasteiger partial charge in [-0.05, 0) is 30.5 Å². The highest BCUT2D eigenvalue weighted by Crippen LogP contribution is 2.44. The van der Waals surface area contributed by atoms with Crippen molar-refractivity contribution in [1.29, 1.82) is 0 Å². The molecule has 2 rings (SSSR count). The number of halogens is 1. The van der Waals surface area contributed by atoms with Gasteiger partial charge in [-0.3, -0.25) is 4.99 Å². The minimum absolute atomic E-state index is 0.160. The fraction of sp³-hybridized carbons (Fsp3) is 0.417. The van der Waals surface area contributed by atoms with Crippen molar-refractivity contribution >= 4 is 21.9 Å². The number of nitrogens with zero attached hydrogens (tertiary/aromatic N) is 1. The summed E-state index contributed by atoms with van der Waals surface area (Å²) >= 11 is 3.50. The van der Waals surface area contributed by atoms with E-state index in [9.17, 15) is 0 Å². The topological polar surface area (TPSA) is 64.4 Å². The monoisotopic (exact) mass is 281 g/mol. The molecule has 0 atom stereocenters. The van der Waals surface area contributed by atoms with Gasteiger partial charge in [-0.1, -0.05) is 34.5 Å². The third-order valence-corrected chi connectivity index (χ3v) is 3.81. The zero-order valence-corrected chi connectivity index (χ0v) is 10.7. The number of guanidine groups is 1. The van der Waals surface area contributed by atoms with Crippen LogP contribution in [-0.2, 0) is 5.41 Å². The Kier molecular flexibility index (Phi) is 3.19. The summed E-state index contributed by atoms with van der Waals surface area (Å²) in [6, 6.07) is 8.43. The van der Waals surface area contributed by atoms with E-state index < -0.39 is 0 Å².